The lowest BCUT2D eigenvalue weighted by Gasteiger charge is -2.27. The molecule has 1 aromatic carbocycles. The van der Waals surface area contributed by atoms with E-state index in [4.69, 9.17) is 25.2 Å². The zero-order chi connectivity index (χ0) is 47.5. The number of nitrogens with zero attached hydrogens (tertiary/aromatic N) is 6. The number of amides is 4. The molecule has 4 N–H and O–H groups in total. The number of hydrogen-bond acceptors (Lipinski definition) is 13. The number of ether oxygens (including phenoxy) is 2. The summed E-state index contributed by atoms with van der Waals surface area (Å²) in [7, 11) is -2.09. The number of nitrogens with one attached hydrogen (secondary N) is 2. The van der Waals surface area contributed by atoms with Crippen molar-refractivity contribution in [1.29, 1.82) is 0 Å². The molecule has 5 atom stereocenters. The van der Waals surface area contributed by atoms with Crippen LogP contribution in [0.4, 0.5) is 0 Å². The number of sulfonamides is 1. The molecule has 0 radical (unpaired) electrons. The van der Waals surface area contributed by atoms with Crippen molar-refractivity contribution in [3.63, 3.8) is 0 Å². The van der Waals surface area contributed by atoms with E-state index >= 15 is 0 Å². The number of allylic oxidation sites excluding steroid dienone is 2. The second-order valence-corrected chi connectivity index (χ2v) is 21.8. The van der Waals surface area contributed by atoms with E-state index in [1.54, 1.807) is 14.0 Å². The van der Waals surface area contributed by atoms with Crippen LogP contribution in [-0.2, 0) is 24.4 Å². The van der Waals surface area contributed by atoms with Gasteiger partial charge in [0, 0.05) is 40.8 Å². The van der Waals surface area contributed by atoms with Crippen LogP contribution in [0.1, 0.15) is 139 Å². The Kier molecular flexibility index (Phi) is 14.8. The first-order valence-corrected chi connectivity index (χ1v) is 25.4. The molecule has 3 aromatic heterocycles. The summed E-state index contributed by atoms with van der Waals surface area (Å²) < 4.78 is 40.7. The normalized spacial score (nSPS) is 20.9. The maximum Gasteiger partial charge on any atom is 0.289 e. The molecular formula is C47H63N9O8S2. The van der Waals surface area contributed by atoms with Crippen LogP contribution in [0.3, 0.4) is 0 Å². The van der Waals surface area contributed by atoms with Crippen LogP contribution in [0.25, 0.3) is 21.6 Å². The molecule has 4 amide bonds. The number of aromatic nitrogens is 5. The highest BCUT2D eigenvalue weighted by Crippen LogP contribution is 2.43. The topological polar surface area (TPSA) is 231 Å². The second kappa shape index (κ2) is 20.2. The molecular weight excluding hydrogens is 883 g/mol. The SMILES string of the molecule is COc1ccc2c(O[C@@H]3C[C@@H](C(N)=O)N(C(=O)[C@H](CCCCC/C=C\[C@@H]4CCCC4C(=O)NS(=O)(=O)C4(C)CC4)NC(=O)c4ncnn4C(C)C)C3)cc(-c3nc(C(C)C)cs3)nc2c1C. The van der Waals surface area contributed by atoms with E-state index in [-0.39, 0.29) is 49.0 Å². The summed E-state index contributed by atoms with van der Waals surface area (Å²) in [5.74, 6) is -1.07. The third kappa shape index (κ3) is 10.6. The van der Waals surface area contributed by atoms with Gasteiger partial charge in [0.2, 0.25) is 33.6 Å². The van der Waals surface area contributed by atoms with Crippen molar-refractivity contribution in [2.24, 2.45) is 17.6 Å². The Balaban J connectivity index is 1.04. The number of methoxy groups -OCH3 is 1. The summed E-state index contributed by atoms with van der Waals surface area (Å²) in [6.45, 7) is 11.6. The molecule has 4 aromatic rings. The van der Waals surface area contributed by atoms with Crippen LogP contribution in [-0.4, -0.2) is 98.3 Å². The number of primary amides is 1. The van der Waals surface area contributed by atoms with Crippen molar-refractivity contribution >= 4 is 55.9 Å². The summed E-state index contributed by atoms with van der Waals surface area (Å²) in [5, 5.41) is 10.6. The van der Waals surface area contributed by atoms with Crippen LogP contribution in [0, 0.1) is 18.8 Å². The highest BCUT2D eigenvalue weighted by molar-refractivity contribution is 7.91. The lowest BCUT2D eigenvalue weighted by Crippen LogP contribution is -2.53. The molecule has 1 saturated heterocycles. The highest BCUT2D eigenvalue weighted by Gasteiger charge is 2.51. The molecule has 66 heavy (non-hydrogen) atoms. The smallest absolute Gasteiger partial charge is 0.289 e. The quantitative estimate of drug-likeness (QED) is 0.0635. The predicted octanol–water partition coefficient (Wildman–Crippen LogP) is 6.52. The van der Waals surface area contributed by atoms with Crippen molar-refractivity contribution in [2.45, 2.75) is 147 Å². The summed E-state index contributed by atoms with van der Waals surface area (Å²) in [5.41, 5.74) is 9.06. The number of aryl methyl sites for hydroxylation is 1. The Bertz CT molecular complexity index is 2580. The Morgan fingerprint density at radius 1 is 1.06 bits per heavy atom. The van der Waals surface area contributed by atoms with Gasteiger partial charge in [0.1, 0.15) is 46.7 Å². The standard InChI is InChI=1S/C47H63N9O8S2/c1-27(2)36-25-65-45(53-36)35-23-39(33-18-19-38(63-7)29(5)40(33)51-35)64-31-22-37(41(48)57)55(24-31)46(60)34(52-44(59)42-49-26-50-56(42)28(3)4)17-12-10-8-9-11-14-30-15-13-16-32(30)43(58)54-66(61,62)47(6)20-21-47/h11,14,18-19,23,25-28,30-32,34,37H,8-10,12-13,15-17,20-22,24H2,1-7H3,(H2,48,57)(H,52,59)(H,54,58)/b14-11-/t30-,31-,32?,34+,37+/m1/s1. The third-order valence-electron chi connectivity index (χ3n) is 13.2. The van der Waals surface area contributed by atoms with Gasteiger partial charge in [-0.25, -0.2) is 28.1 Å². The van der Waals surface area contributed by atoms with Gasteiger partial charge in [0.05, 0.1) is 29.6 Å². The van der Waals surface area contributed by atoms with Gasteiger partial charge in [0.25, 0.3) is 5.91 Å². The first-order valence-electron chi connectivity index (χ1n) is 23.0. The number of benzene rings is 1. The molecule has 4 heterocycles. The lowest BCUT2D eigenvalue weighted by atomic mass is 9.94. The van der Waals surface area contributed by atoms with Gasteiger partial charge in [-0.1, -0.05) is 45.3 Å². The average Bonchev–Trinajstić information content (AvgIpc) is 3.84. The third-order valence-corrected chi connectivity index (χ3v) is 16.3. The Labute approximate surface area is 390 Å². The number of hydrogen-bond donors (Lipinski definition) is 3. The molecule has 2 saturated carbocycles. The molecule has 19 heteroatoms. The zero-order valence-corrected chi connectivity index (χ0v) is 40.5. The summed E-state index contributed by atoms with van der Waals surface area (Å²) in [6.07, 6.45) is 11.4. The van der Waals surface area contributed by atoms with Crippen LogP contribution >= 0.6 is 11.3 Å². The fourth-order valence-corrected chi connectivity index (χ4v) is 11.1. The summed E-state index contributed by atoms with van der Waals surface area (Å²) >= 11 is 1.49. The molecule has 3 fully saturated rings. The number of carbonyl (C=O) groups excluding carboxylic acids is 4. The molecule has 356 valence electrons. The van der Waals surface area contributed by atoms with E-state index in [2.05, 4.69) is 34.0 Å². The van der Waals surface area contributed by atoms with E-state index in [9.17, 15) is 27.6 Å². The maximum absolute atomic E-state index is 14.6. The summed E-state index contributed by atoms with van der Waals surface area (Å²) in [4.78, 5) is 69.9. The van der Waals surface area contributed by atoms with E-state index < -0.39 is 56.6 Å². The number of pyridine rings is 1. The number of carbonyl (C=O) groups is 4. The second-order valence-electron chi connectivity index (χ2n) is 18.7. The van der Waals surface area contributed by atoms with E-state index in [1.165, 1.54) is 27.2 Å². The Morgan fingerprint density at radius 3 is 2.52 bits per heavy atom. The van der Waals surface area contributed by atoms with Gasteiger partial charge < -0.3 is 25.4 Å². The highest BCUT2D eigenvalue weighted by atomic mass is 32.2. The van der Waals surface area contributed by atoms with Gasteiger partial charge in [-0.05, 0) is 96.6 Å². The molecule has 3 aliphatic rings. The maximum atomic E-state index is 14.6. The number of likely N-dealkylation sites (tertiary alicyclic amines) is 1. The number of rotatable bonds is 20. The first kappa shape index (κ1) is 48.5. The van der Waals surface area contributed by atoms with Crippen molar-refractivity contribution in [2.75, 3.05) is 13.7 Å². The molecule has 7 rings (SSSR count). The van der Waals surface area contributed by atoms with Gasteiger partial charge in [0.15, 0.2) is 0 Å². The van der Waals surface area contributed by atoms with Gasteiger partial charge in [-0.15, -0.1) is 11.3 Å². The number of nitrogens with two attached hydrogens (primary N) is 1. The molecule has 1 unspecified atom stereocenters. The fourth-order valence-electron chi connectivity index (χ4n) is 8.90. The van der Waals surface area contributed by atoms with Crippen molar-refractivity contribution in [3.05, 3.63) is 59.1 Å². The molecule has 0 bridgehead atoms. The van der Waals surface area contributed by atoms with Crippen molar-refractivity contribution in [1.82, 2.24) is 39.7 Å². The molecule has 0 spiro atoms. The minimum absolute atomic E-state index is 0.0355. The van der Waals surface area contributed by atoms with Crippen LogP contribution in [0.2, 0.25) is 0 Å². The van der Waals surface area contributed by atoms with Gasteiger partial charge in [-0.2, -0.15) is 5.10 Å². The predicted molar refractivity (Wildman–Crippen MR) is 251 cm³/mol. The first-order chi connectivity index (χ1) is 31.4. The fraction of sp³-hybridized carbons (Fsp3) is 0.574. The summed E-state index contributed by atoms with van der Waals surface area (Å²) in [6, 6.07) is 3.40. The van der Waals surface area contributed by atoms with E-state index in [0.717, 1.165) is 53.8 Å². The minimum Gasteiger partial charge on any atom is -0.496 e. The largest absolute Gasteiger partial charge is 0.496 e. The van der Waals surface area contributed by atoms with Crippen LogP contribution in [0.5, 0.6) is 11.5 Å². The van der Waals surface area contributed by atoms with Gasteiger partial charge >= 0.3 is 0 Å². The molecule has 2 aliphatic carbocycles. The molecule has 17 nitrogen and oxygen atoms in total. The average molecular weight is 946 g/mol. The van der Waals surface area contributed by atoms with E-state index in [1.807, 2.05) is 56.5 Å². The lowest BCUT2D eigenvalue weighted by molar-refractivity contribution is -0.139. The van der Waals surface area contributed by atoms with Crippen LogP contribution < -0.4 is 25.2 Å². The number of thiazole rings is 1. The van der Waals surface area contributed by atoms with Crippen LogP contribution in [0.15, 0.2) is 42.1 Å². The minimum atomic E-state index is -3.69. The van der Waals surface area contributed by atoms with Crippen molar-refractivity contribution in [3.8, 4) is 22.2 Å². The zero-order valence-electron chi connectivity index (χ0n) is 38.9. The Hall–Kier alpha value is -5.43. The molecule has 1 aliphatic heterocycles. The monoisotopic (exact) mass is 945 g/mol. The van der Waals surface area contributed by atoms with E-state index in [0.29, 0.717) is 48.4 Å². The van der Waals surface area contributed by atoms with Gasteiger partial charge in [-0.3, -0.25) is 23.9 Å². The van der Waals surface area contributed by atoms with Crippen molar-refractivity contribution < 1.29 is 37.1 Å². The Morgan fingerprint density at radius 2 is 1.83 bits per heavy atom. The number of fused-ring (bicyclic) bond motifs is 1. The number of unbranched alkanes of at least 4 members (excludes halogenated alkanes) is 3.